The molecule has 0 fully saturated rings. The number of para-hydroxylation sites is 1. The standard InChI is InChI=1S/C19H19BrClN5O.C8H3BrCl2N2.C7H6ClNO2.6CH4/c1-11(27)23-15-4-12(10-26(2)3)5-16(8-15)24-19-22-9-13-6-14(20)7-17(21)18(13)25-19;9-5-1-4-3-12-8(11)13-7(4)6(10)2-5;8-5-3-1-2-4(6(5)9)7(10)11;;;;;;/h4-9H,10H2,1-3H3,(H,23,27)(H,22,24,25);1-3H;1-3H,9H2,(H,10,11);6*1H4. The molecule has 312 valence electrons. The lowest BCUT2D eigenvalue weighted by molar-refractivity contribution is -0.114. The van der Waals surface area contributed by atoms with Gasteiger partial charge in [-0.25, -0.2) is 24.7 Å². The summed E-state index contributed by atoms with van der Waals surface area (Å²) in [7, 11) is 3.98. The molecule has 5 N–H and O–H groups in total. The van der Waals surface area contributed by atoms with Crippen LogP contribution in [0.2, 0.25) is 20.4 Å². The molecule has 0 aliphatic carbocycles. The Labute approximate surface area is 374 Å². The lowest BCUT2D eigenvalue weighted by atomic mass is 10.1. The third kappa shape index (κ3) is 16.9. The van der Waals surface area contributed by atoms with Crippen molar-refractivity contribution in [3.05, 3.63) is 113 Å². The average molecular weight is 995 g/mol. The SMILES string of the molecule is C.C.C.C.C.C.CC(=O)Nc1cc(CN(C)C)cc(Nc2ncc3cc(Br)cc(Cl)c3n2)c1.Clc1ncc2cc(Br)cc(Cl)c2n1.Nc1c(Cl)cccc1C(=O)O. The summed E-state index contributed by atoms with van der Waals surface area (Å²) in [5, 5.41) is 17.9. The van der Waals surface area contributed by atoms with Crippen LogP contribution in [-0.2, 0) is 11.3 Å². The fraction of sp³-hybridized carbons (Fsp3) is 0.250. The first-order chi connectivity index (χ1) is 24.1. The van der Waals surface area contributed by atoms with Crippen molar-refractivity contribution >= 4 is 135 Å². The number of nitrogens with two attached hydrogens (primary N) is 1. The summed E-state index contributed by atoms with van der Waals surface area (Å²) in [6.45, 7) is 2.22. The minimum absolute atomic E-state index is 0. The van der Waals surface area contributed by atoms with Crippen molar-refractivity contribution in [3.8, 4) is 0 Å². The van der Waals surface area contributed by atoms with E-state index in [1.807, 2.05) is 44.4 Å². The number of carbonyl (C=O) groups excluding carboxylic acids is 1. The largest absolute Gasteiger partial charge is 0.478 e. The van der Waals surface area contributed by atoms with Crippen molar-refractivity contribution in [2.24, 2.45) is 0 Å². The predicted octanol–water partition coefficient (Wildman–Crippen LogP) is 13.9. The van der Waals surface area contributed by atoms with Gasteiger partial charge in [0, 0.05) is 57.0 Å². The molecular formula is C40H52Br2Cl4N8O3. The van der Waals surface area contributed by atoms with Gasteiger partial charge in [-0.2, -0.15) is 0 Å². The van der Waals surface area contributed by atoms with E-state index >= 15 is 0 Å². The van der Waals surface area contributed by atoms with E-state index in [9.17, 15) is 9.59 Å². The second-order valence-corrected chi connectivity index (χ2v) is 14.3. The molecule has 57 heavy (non-hydrogen) atoms. The minimum atomic E-state index is -1.06. The number of fused-ring (bicyclic) bond motifs is 2. The maximum atomic E-state index is 11.4. The summed E-state index contributed by atoms with van der Waals surface area (Å²) in [5.41, 5.74) is 9.41. The quantitative estimate of drug-likeness (QED) is 0.0934. The number of carboxylic acid groups (broad SMARTS) is 1. The second-order valence-electron chi connectivity index (χ2n) is 11.0. The van der Waals surface area contributed by atoms with Crippen LogP contribution in [0.4, 0.5) is 23.0 Å². The number of aromatic nitrogens is 4. The van der Waals surface area contributed by atoms with E-state index in [2.05, 4.69) is 67.3 Å². The molecule has 1 amide bonds. The van der Waals surface area contributed by atoms with Crippen LogP contribution in [-0.4, -0.2) is 55.9 Å². The fourth-order valence-electron chi connectivity index (χ4n) is 4.52. The van der Waals surface area contributed by atoms with Gasteiger partial charge in [-0.3, -0.25) is 4.79 Å². The number of amides is 1. The minimum Gasteiger partial charge on any atom is -0.478 e. The number of hydrogen-bond donors (Lipinski definition) is 4. The number of anilines is 4. The summed E-state index contributed by atoms with van der Waals surface area (Å²) in [5.74, 6) is -0.755. The lowest BCUT2D eigenvalue weighted by Crippen LogP contribution is -2.12. The molecule has 17 heteroatoms. The van der Waals surface area contributed by atoms with E-state index < -0.39 is 5.97 Å². The molecule has 0 radical (unpaired) electrons. The highest BCUT2D eigenvalue weighted by molar-refractivity contribution is 9.10. The van der Waals surface area contributed by atoms with Crippen molar-refractivity contribution in [2.45, 2.75) is 58.0 Å². The van der Waals surface area contributed by atoms with Crippen molar-refractivity contribution in [3.63, 3.8) is 0 Å². The Kier molecular flexibility index (Phi) is 26.5. The molecule has 0 saturated carbocycles. The first-order valence-electron chi connectivity index (χ1n) is 14.6. The molecule has 0 unspecified atom stereocenters. The number of aromatic carboxylic acids is 1. The topological polar surface area (TPSA) is 159 Å². The molecule has 2 heterocycles. The van der Waals surface area contributed by atoms with Gasteiger partial charge in [0.1, 0.15) is 0 Å². The summed E-state index contributed by atoms with van der Waals surface area (Å²) in [6.07, 6.45) is 3.36. The van der Waals surface area contributed by atoms with Gasteiger partial charge < -0.3 is 26.4 Å². The first kappa shape index (κ1) is 57.5. The average Bonchev–Trinajstić information content (AvgIpc) is 3.03. The van der Waals surface area contributed by atoms with Crippen LogP contribution >= 0.6 is 78.3 Å². The molecule has 0 spiro atoms. The molecule has 0 aliphatic heterocycles. The zero-order chi connectivity index (χ0) is 37.4. The van der Waals surface area contributed by atoms with E-state index in [1.54, 1.807) is 36.7 Å². The Bertz CT molecular complexity index is 2250. The Balaban J connectivity index is -0.000000823. The van der Waals surface area contributed by atoms with Gasteiger partial charge in [0.25, 0.3) is 0 Å². The van der Waals surface area contributed by atoms with E-state index in [-0.39, 0.29) is 72.0 Å². The van der Waals surface area contributed by atoms with Crippen molar-refractivity contribution in [1.29, 1.82) is 0 Å². The van der Waals surface area contributed by atoms with Gasteiger partial charge >= 0.3 is 5.97 Å². The maximum Gasteiger partial charge on any atom is 0.337 e. The summed E-state index contributed by atoms with van der Waals surface area (Å²) in [6, 6.07) is 17.7. The zero-order valence-corrected chi connectivity index (χ0v) is 33.2. The molecule has 2 aromatic heterocycles. The monoisotopic (exact) mass is 990 g/mol. The molecule has 4 aromatic carbocycles. The van der Waals surface area contributed by atoms with Gasteiger partial charge in [0.2, 0.25) is 17.1 Å². The summed E-state index contributed by atoms with van der Waals surface area (Å²) >= 11 is 30.2. The molecule has 0 atom stereocenters. The van der Waals surface area contributed by atoms with Crippen LogP contribution in [0.25, 0.3) is 21.8 Å². The van der Waals surface area contributed by atoms with Crippen molar-refractivity contribution < 1.29 is 14.7 Å². The molecule has 6 rings (SSSR count). The fourth-order valence-corrected chi connectivity index (χ4v) is 6.58. The zero-order valence-electron chi connectivity index (χ0n) is 27.0. The smallest absolute Gasteiger partial charge is 0.337 e. The van der Waals surface area contributed by atoms with Crippen LogP contribution in [0.1, 0.15) is 67.4 Å². The van der Waals surface area contributed by atoms with Crippen LogP contribution in [0.15, 0.2) is 82.0 Å². The number of halogens is 6. The molecular weight excluding hydrogens is 942 g/mol. The second kappa shape index (κ2) is 26.2. The Morgan fingerprint density at radius 3 is 1.79 bits per heavy atom. The third-order valence-corrected chi connectivity index (χ3v) is 8.53. The van der Waals surface area contributed by atoms with E-state index in [4.69, 9.17) is 57.2 Å². The number of benzene rings is 4. The van der Waals surface area contributed by atoms with E-state index in [0.717, 1.165) is 37.5 Å². The van der Waals surface area contributed by atoms with Gasteiger partial charge in [-0.05, 0) is 85.9 Å². The van der Waals surface area contributed by atoms with E-state index in [1.165, 1.54) is 13.0 Å². The van der Waals surface area contributed by atoms with Gasteiger partial charge in [-0.1, -0.05) is 117 Å². The number of hydrogen-bond acceptors (Lipinski definition) is 9. The van der Waals surface area contributed by atoms with Gasteiger partial charge in [0.05, 0.1) is 37.4 Å². The molecule has 6 aromatic rings. The van der Waals surface area contributed by atoms with Crippen molar-refractivity contribution in [1.82, 2.24) is 24.8 Å². The molecule has 11 nitrogen and oxygen atoms in total. The first-order valence-corrected chi connectivity index (χ1v) is 17.7. The van der Waals surface area contributed by atoms with Gasteiger partial charge in [0.15, 0.2) is 0 Å². The Hall–Kier alpha value is -3.82. The third-order valence-electron chi connectivity index (χ3n) is 6.52. The van der Waals surface area contributed by atoms with Gasteiger partial charge in [-0.15, -0.1) is 0 Å². The summed E-state index contributed by atoms with van der Waals surface area (Å²) in [4.78, 5) is 40.7. The highest BCUT2D eigenvalue weighted by Gasteiger charge is 2.10. The van der Waals surface area contributed by atoms with E-state index in [0.29, 0.717) is 32.7 Å². The number of carbonyl (C=O) groups is 2. The normalized spacial score (nSPS) is 9.51. The number of nitrogen functional groups attached to an aromatic ring is 1. The maximum absolute atomic E-state index is 11.4. The van der Waals surface area contributed by atoms with Crippen LogP contribution in [0.3, 0.4) is 0 Å². The number of rotatable bonds is 6. The summed E-state index contributed by atoms with van der Waals surface area (Å²) < 4.78 is 1.77. The molecule has 0 bridgehead atoms. The van der Waals surface area contributed by atoms with Crippen LogP contribution < -0.4 is 16.4 Å². The number of carboxylic acids is 1. The lowest BCUT2D eigenvalue weighted by Gasteiger charge is -2.14. The van der Waals surface area contributed by atoms with Crippen LogP contribution in [0.5, 0.6) is 0 Å². The highest BCUT2D eigenvalue weighted by atomic mass is 79.9. The highest BCUT2D eigenvalue weighted by Crippen LogP contribution is 2.29. The number of nitrogens with zero attached hydrogens (tertiary/aromatic N) is 5. The predicted molar refractivity (Wildman–Crippen MR) is 254 cm³/mol. The van der Waals surface area contributed by atoms with Crippen LogP contribution in [0, 0.1) is 0 Å². The Morgan fingerprint density at radius 1 is 0.754 bits per heavy atom. The van der Waals surface area contributed by atoms with Crippen molar-refractivity contribution in [2.75, 3.05) is 30.5 Å². The number of nitrogens with one attached hydrogen (secondary N) is 2. The molecule has 0 aliphatic rings. The Morgan fingerprint density at radius 2 is 1.28 bits per heavy atom. The molecule has 0 saturated heterocycles.